The Kier molecular flexibility index (Phi) is 5.90. The maximum absolute atomic E-state index is 9.09. The molecule has 0 aromatic heterocycles. The second kappa shape index (κ2) is 6.78. The van der Waals surface area contributed by atoms with Crippen LogP contribution in [-0.4, -0.2) is 23.0 Å². The van der Waals surface area contributed by atoms with Gasteiger partial charge in [-0.3, -0.25) is 0 Å². The molecule has 108 valence electrons. The summed E-state index contributed by atoms with van der Waals surface area (Å²) in [5.74, 6) is 1.04. The number of hydrogen-bond donors (Lipinski definition) is 2. The number of hydrogen-bond acceptors (Lipinski definition) is 3. The van der Waals surface area contributed by atoms with Crippen molar-refractivity contribution in [3.63, 3.8) is 0 Å². The molecule has 0 aliphatic rings. The fraction of sp³-hybridized carbons (Fsp3) is 0.625. The van der Waals surface area contributed by atoms with Gasteiger partial charge in [0.15, 0.2) is 0 Å². The van der Waals surface area contributed by atoms with Crippen LogP contribution in [0.15, 0.2) is 29.2 Å². The van der Waals surface area contributed by atoms with Gasteiger partial charge >= 0.3 is 0 Å². The van der Waals surface area contributed by atoms with Gasteiger partial charge in [0.25, 0.3) is 0 Å². The number of benzene rings is 1. The second-order valence-electron chi connectivity index (χ2n) is 6.54. The number of nitrogens with two attached hydrogens (primary N) is 1. The average molecular weight is 281 g/mol. The van der Waals surface area contributed by atoms with Crippen molar-refractivity contribution >= 4 is 11.8 Å². The van der Waals surface area contributed by atoms with Crippen molar-refractivity contribution in [1.29, 1.82) is 0 Å². The van der Waals surface area contributed by atoms with Crippen LogP contribution in [0.4, 0.5) is 0 Å². The molecule has 0 saturated heterocycles. The van der Waals surface area contributed by atoms with Gasteiger partial charge in [-0.25, -0.2) is 0 Å². The van der Waals surface area contributed by atoms with E-state index in [0.717, 1.165) is 18.6 Å². The van der Waals surface area contributed by atoms with Gasteiger partial charge in [0.2, 0.25) is 0 Å². The Labute approximate surface area is 121 Å². The molecule has 0 fully saturated rings. The zero-order valence-electron chi connectivity index (χ0n) is 12.6. The highest BCUT2D eigenvalue weighted by atomic mass is 32.2. The molecule has 1 aromatic carbocycles. The SMILES string of the molecule is CC(N)(CO)CCCSc1ccc(C(C)(C)C)cc1. The minimum Gasteiger partial charge on any atom is -0.394 e. The van der Waals surface area contributed by atoms with Crippen molar-refractivity contribution in [3.8, 4) is 0 Å². The molecule has 3 heteroatoms. The van der Waals surface area contributed by atoms with E-state index in [2.05, 4.69) is 45.0 Å². The number of aliphatic hydroxyl groups excluding tert-OH is 1. The zero-order chi connectivity index (χ0) is 14.5. The average Bonchev–Trinajstić information content (AvgIpc) is 2.34. The van der Waals surface area contributed by atoms with E-state index in [1.54, 1.807) is 0 Å². The van der Waals surface area contributed by atoms with Crippen LogP contribution in [0.2, 0.25) is 0 Å². The molecule has 0 aliphatic heterocycles. The fourth-order valence-electron chi connectivity index (χ4n) is 1.80. The lowest BCUT2D eigenvalue weighted by atomic mass is 9.87. The van der Waals surface area contributed by atoms with Gasteiger partial charge in [-0.05, 0) is 48.6 Å². The Hall–Kier alpha value is -0.510. The Morgan fingerprint density at radius 2 is 1.68 bits per heavy atom. The smallest absolute Gasteiger partial charge is 0.0608 e. The minimum absolute atomic E-state index is 0.0535. The summed E-state index contributed by atoms with van der Waals surface area (Å²) in [7, 11) is 0. The number of rotatable bonds is 6. The summed E-state index contributed by atoms with van der Waals surface area (Å²) < 4.78 is 0. The van der Waals surface area contributed by atoms with Crippen LogP contribution >= 0.6 is 11.8 Å². The molecule has 0 heterocycles. The highest BCUT2D eigenvalue weighted by Crippen LogP contribution is 2.26. The normalized spacial score (nSPS) is 15.3. The van der Waals surface area contributed by atoms with Crippen LogP contribution in [-0.2, 0) is 5.41 Å². The van der Waals surface area contributed by atoms with Gasteiger partial charge in [0, 0.05) is 10.4 Å². The Bertz CT molecular complexity index is 379. The van der Waals surface area contributed by atoms with Crippen LogP contribution in [0, 0.1) is 0 Å². The molecule has 1 atom stereocenters. The van der Waals surface area contributed by atoms with Gasteiger partial charge in [-0.2, -0.15) is 0 Å². The molecule has 1 unspecified atom stereocenters. The van der Waals surface area contributed by atoms with Crippen molar-refractivity contribution in [2.75, 3.05) is 12.4 Å². The molecule has 2 nitrogen and oxygen atoms in total. The molecular weight excluding hydrogens is 254 g/mol. The lowest BCUT2D eigenvalue weighted by Crippen LogP contribution is -2.40. The molecule has 0 spiro atoms. The summed E-state index contributed by atoms with van der Waals surface area (Å²) in [6, 6.07) is 8.81. The van der Waals surface area contributed by atoms with E-state index in [1.165, 1.54) is 10.5 Å². The van der Waals surface area contributed by atoms with E-state index in [1.807, 2.05) is 18.7 Å². The summed E-state index contributed by atoms with van der Waals surface area (Å²) in [5.41, 5.74) is 7.05. The van der Waals surface area contributed by atoms with Gasteiger partial charge in [-0.15, -0.1) is 11.8 Å². The Morgan fingerprint density at radius 3 is 2.16 bits per heavy atom. The summed E-state index contributed by atoms with van der Waals surface area (Å²) >= 11 is 1.85. The third-order valence-electron chi connectivity index (χ3n) is 3.24. The standard InChI is InChI=1S/C16H27NOS/c1-15(2,3)13-6-8-14(9-7-13)19-11-5-10-16(4,17)12-18/h6-9,18H,5,10-12,17H2,1-4H3. The Morgan fingerprint density at radius 1 is 1.11 bits per heavy atom. The minimum atomic E-state index is -0.434. The van der Waals surface area contributed by atoms with Crippen LogP contribution in [0.1, 0.15) is 46.1 Å². The first-order chi connectivity index (χ1) is 8.74. The van der Waals surface area contributed by atoms with Gasteiger partial charge in [-0.1, -0.05) is 32.9 Å². The molecule has 0 radical (unpaired) electrons. The van der Waals surface area contributed by atoms with E-state index >= 15 is 0 Å². The van der Waals surface area contributed by atoms with Crippen molar-refractivity contribution in [2.45, 2.75) is 56.4 Å². The van der Waals surface area contributed by atoms with Gasteiger partial charge in [0.05, 0.1) is 6.61 Å². The lowest BCUT2D eigenvalue weighted by molar-refractivity contribution is 0.200. The van der Waals surface area contributed by atoms with Gasteiger partial charge < -0.3 is 10.8 Å². The predicted octanol–water partition coefficient (Wildman–Crippen LogP) is 3.57. The van der Waals surface area contributed by atoms with Crippen LogP contribution in [0.25, 0.3) is 0 Å². The summed E-state index contributed by atoms with van der Waals surface area (Å²) in [5, 5.41) is 9.09. The highest BCUT2D eigenvalue weighted by Gasteiger charge is 2.16. The fourth-order valence-corrected chi connectivity index (χ4v) is 2.65. The van der Waals surface area contributed by atoms with Gasteiger partial charge in [0.1, 0.15) is 0 Å². The van der Waals surface area contributed by atoms with E-state index < -0.39 is 5.54 Å². The molecule has 0 aliphatic carbocycles. The second-order valence-corrected chi connectivity index (χ2v) is 7.71. The van der Waals surface area contributed by atoms with Crippen LogP contribution in [0.5, 0.6) is 0 Å². The van der Waals surface area contributed by atoms with Crippen LogP contribution < -0.4 is 5.73 Å². The monoisotopic (exact) mass is 281 g/mol. The largest absolute Gasteiger partial charge is 0.394 e. The molecule has 1 rings (SSSR count). The topological polar surface area (TPSA) is 46.2 Å². The molecule has 1 aromatic rings. The summed E-state index contributed by atoms with van der Waals surface area (Å²) in [6.45, 7) is 8.64. The van der Waals surface area contributed by atoms with E-state index in [4.69, 9.17) is 10.8 Å². The molecule has 0 amide bonds. The maximum atomic E-state index is 9.09. The van der Waals surface area contributed by atoms with Crippen LogP contribution in [0.3, 0.4) is 0 Å². The third-order valence-corrected chi connectivity index (χ3v) is 4.34. The number of aliphatic hydroxyl groups is 1. The molecular formula is C16H27NOS. The first-order valence-electron chi connectivity index (χ1n) is 6.88. The summed E-state index contributed by atoms with van der Waals surface area (Å²) in [6.07, 6.45) is 1.88. The predicted molar refractivity (Wildman–Crippen MR) is 84.8 cm³/mol. The third kappa shape index (κ3) is 5.98. The van der Waals surface area contributed by atoms with Crippen molar-refractivity contribution in [1.82, 2.24) is 0 Å². The lowest BCUT2D eigenvalue weighted by Gasteiger charge is -2.21. The molecule has 0 saturated carbocycles. The quantitative estimate of drug-likeness (QED) is 0.619. The zero-order valence-corrected chi connectivity index (χ0v) is 13.4. The maximum Gasteiger partial charge on any atom is 0.0608 e. The van der Waals surface area contributed by atoms with E-state index in [0.29, 0.717) is 0 Å². The first kappa shape index (κ1) is 16.5. The number of thioether (sulfide) groups is 1. The van der Waals surface area contributed by atoms with Crippen molar-refractivity contribution in [2.24, 2.45) is 5.73 Å². The van der Waals surface area contributed by atoms with Crippen molar-refractivity contribution in [3.05, 3.63) is 29.8 Å². The van der Waals surface area contributed by atoms with E-state index in [-0.39, 0.29) is 12.0 Å². The van der Waals surface area contributed by atoms with E-state index in [9.17, 15) is 0 Å². The highest BCUT2D eigenvalue weighted by molar-refractivity contribution is 7.99. The molecule has 0 bridgehead atoms. The summed E-state index contributed by atoms with van der Waals surface area (Å²) in [4.78, 5) is 1.30. The van der Waals surface area contributed by atoms with Crippen molar-refractivity contribution < 1.29 is 5.11 Å². The first-order valence-corrected chi connectivity index (χ1v) is 7.86. The Balaban J connectivity index is 2.39. The molecule has 3 N–H and O–H groups in total. The molecule has 19 heavy (non-hydrogen) atoms.